The van der Waals surface area contributed by atoms with E-state index in [2.05, 4.69) is 10.1 Å². The molecular weight excluding hydrogens is 326 g/mol. The van der Waals surface area contributed by atoms with Crippen LogP contribution in [-0.4, -0.2) is 40.9 Å². The van der Waals surface area contributed by atoms with E-state index in [1.807, 2.05) is 35.4 Å². The number of amides is 1. The lowest BCUT2D eigenvalue weighted by molar-refractivity contribution is -0.134. The van der Waals surface area contributed by atoms with E-state index < -0.39 is 0 Å². The Labute approximate surface area is 145 Å². The molecule has 3 rings (SSSR count). The second kappa shape index (κ2) is 7.70. The largest absolute Gasteiger partial charge is 0.497 e. The Hall–Kier alpha value is -2.02. The van der Waals surface area contributed by atoms with Crippen LogP contribution in [0.25, 0.3) is 0 Å². The maximum Gasteiger partial charge on any atom is 0.231 e. The van der Waals surface area contributed by atoms with Gasteiger partial charge in [-0.3, -0.25) is 4.79 Å². The fourth-order valence-electron chi connectivity index (χ4n) is 2.88. The highest BCUT2D eigenvalue weighted by atomic mass is 32.2. The third-order valence-electron chi connectivity index (χ3n) is 4.11. The van der Waals surface area contributed by atoms with E-state index >= 15 is 0 Å². The van der Waals surface area contributed by atoms with Gasteiger partial charge in [0.1, 0.15) is 5.75 Å². The second-order valence-corrected chi connectivity index (χ2v) is 6.71. The van der Waals surface area contributed by atoms with Gasteiger partial charge in [0.05, 0.1) is 18.8 Å². The normalized spacial score (nSPS) is 18.0. The van der Waals surface area contributed by atoms with E-state index in [4.69, 9.17) is 9.26 Å². The van der Waals surface area contributed by atoms with Crippen molar-refractivity contribution < 1.29 is 14.1 Å². The van der Waals surface area contributed by atoms with Gasteiger partial charge in [-0.25, -0.2) is 0 Å². The third-order valence-corrected chi connectivity index (χ3v) is 4.66. The molecule has 1 atom stereocenters. The molecule has 6 nitrogen and oxygen atoms in total. The first kappa shape index (κ1) is 16.8. The van der Waals surface area contributed by atoms with Crippen LogP contribution >= 0.6 is 11.8 Å². The van der Waals surface area contributed by atoms with Gasteiger partial charge in [-0.15, -0.1) is 0 Å². The Balaban J connectivity index is 1.69. The summed E-state index contributed by atoms with van der Waals surface area (Å²) >= 11 is 1.66. The summed E-state index contributed by atoms with van der Waals surface area (Å²) in [6.45, 7) is 1.18. The number of piperidine rings is 1. The maximum absolute atomic E-state index is 12.3. The number of thioether (sulfide) groups is 1. The van der Waals surface area contributed by atoms with Crippen molar-refractivity contribution in [3.8, 4) is 5.75 Å². The number of methoxy groups -OCH3 is 1. The van der Waals surface area contributed by atoms with Crippen LogP contribution in [0.4, 0.5) is 0 Å². The van der Waals surface area contributed by atoms with Crippen LogP contribution in [0, 0.1) is 0 Å². The Bertz CT molecular complexity index is 704. The molecule has 24 heavy (non-hydrogen) atoms. The number of aromatic nitrogens is 2. The van der Waals surface area contributed by atoms with Crippen LogP contribution in [0.1, 0.15) is 36.0 Å². The lowest BCUT2D eigenvalue weighted by atomic mass is 9.97. The average molecular weight is 347 g/mol. The Kier molecular flexibility index (Phi) is 5.40. The average Bonchev–Trinajstić information content (AvgIpc) is 3.06. The minimum atomic E-state index is 0.108. The molecule has 128 valence electrons. The smallest absolute Gasteiger partial charge is 0.231 e. The van der Waals surface area contributed by atoms with Gasteiger partial charge < -0.3 is 14.2 Å². The first-order valence-corrected chi connectivity index (χ1v) is 9.31. The molecule has 0 spiro atoms. The van der Waals surface area contributed by atoms with E-state index in [-0.39, 0.29) is 11.8 Å². The van der Waals surface area contributed by atoms with Crippen molar-refractivity contribution in [2.75, 3.05) is 19.9 Å². The van der Waals surface area contributed by atoms with Crippen LogP contribution in [-0.2, 0) is 17.1 Å². The predicted octanol–water partition coefficient (Wildman–Crippen LogP) is 2.85. The van der Waals surface area contributed by atoms with Crippen molar-refractivity contribution in [1.29, 1.82) is 0 Å². The van der Waals surface area contributed by atoms with Crippen LogP contribution in [0.15, 0.2) is 28.8 Å². The van der Waals surface area contributed by atoms with E-state index in [0.29, 0.717) is 31.2 Å². The van der Waals surface area contributed by atoms with Crippen molar-refractivity contribution in [3.05, 3.63) is 41.5 Å². The molecule has 1 amide bonds. The van der Waals surface area contributed by atoms with Gasteiger partial charge in [0, 0.05) is 19.5 Å². The number of likely N-dealkylation sites (tertiary alicyclic amines) is 1. The highest BCUT2D eigenvalue weighted by Gasteiger charge is 2.30. The second-order valence-electron chi connectivity index (χ2n) is 5.84. The Morgan fingerprint density at radius 2 is 2.33 bits per heavy atom. The van der Waals surface area contributed by atoms with Gasteiger partial charge in [0.15, 0.2) is 5.82 Å². The number of nitrogens with zero attached hydrogens (tertiary/aromatic N) is 3. The van der Waals surface area contributed by atoms with Crippen LogP contribution in [0.2, 0.25) is 0 Å². The van der Waals surface area contributed by atoms with Gasteiger partial charge >= 0.3 is 0 Å². The maximum atomic E-state index is 12.3. The SMILES string of the molecule is COc1cccc(CN2C[C@H](c3nc(CSC)no3)CCC2=O)c1. The zero-order valence-corrected chi connectivity index (χ0v) is 14.7. The molecule has 0 unspecified atom stereocenters. The molecule has 1 aliphatic heterocycles. The summed E-state index contributed by atoms with van der Waals surface area (Å²) in [4.78, 5) is 18.6. The fourth-order valence-corrected chi connectivity index (χ4v) is 3.26. The molecule has 1 aliphatic rings. The first-order chi connectivity index (χ1) is 11.7. The molecule has 1 aromatic carbocycles. The minimum Gasteiger partial charge on any atom is -0.497 e. The van der Waals surface area contributed by atoms with Crippen LogP contribution < -0.4 is 4.74 Å². The monoisotopic (exact) mass is 347 g/mol. The molecule has 1 aromatic heterocycles. The van der Waals surface area contributed by atoms with Gasteiger partial charge in [-0.1, -0.05) is 17.3 Å². The zero-order valence-electron chi connectivity index (χ0n) is 13.9. The lowest BCUT2D eigenvalue weighted by Crippen LogP contribution is -2.38. The molecule has 2 heterocycles. The number of carbonyl (C=O) groups is 1. The third kappa shape index (κ3) is 3.90. The number of hydrogen-bond donors (Lipinski definition) is 0. The Morgan fingerprint density at radius 3 is 3.12 bits per heavy atom. The highest BCUT2D eigenvalue weighted by molar-refractivity contribution is 7.97. The fraction of sp³-hybridized carbons (Fsp3) is 0.471. The molecule has 0 bridgehead atoms. The molecule has 0 aliphatic carbocycles. The lowest BCUT2D eigenvalue weighted by Gasteiger charge is -2.31. The quantitative estimate of drug-likeness (QED) is 0.800. The number of ether oxygens (including phenoxy) is 1. The minimum absolute atomic E-state index is 0.108. The van der Waals surface area contributed by atoms with Crippen molar-refractivity contribution in [2.45, 2.75) is 31.1 Å². The predicted molar refractivity (Wildman–Crippen MR) is 91.9 cm³/mol. The zero-order chi connectivity index (χ0) is 16.9. The summed E-state index contributed by atoms with van der Waals surface area (Å²) in [7, 11) is 1.64. The van der Waals surface area contributed by atoms with E-state index in [1.165, 1.54) is 0 Å². The number of benzene rings is 1. The number of carbonyl (C=O) groups excluding carboxylic acids is 1. The molecule has 1 saturated heterocycles. The Morgan fingerprint density at radius 1 is 1.46 bits per heavy atom. The summed E-state index contributed by atoms with van der Waals surface area (Å²) in [6, 6.07) is 7.80. The summed E-state index contributed by atoms with van der Waals surface area (Å²) in [6.07, 6.45) is 3.27. The summed E-state index contributed by atoms with van der Waals surface area (Å²) < 4.78 is 10.6. The number of hydrogen-bond acceptors (Lipinski definition) is 6. The molecular formula is C17H21N3O3S. The summed E-state index contributed by atoms with van der Waals surface area (Å²) in [5.74, 6) is 3.17. The van der Waals surface area contributed by atoms with Crippen molar-refractivity contribution in [1.82, 2.24) is 15.0 Å². The van der Waals surface area contributed by atoms with Gasteiger partial charge in [-0.2, -0.15) is 16.7 Å². The van der Waals surface area contributed by atoms with E-state index in [1.54, 1.807) is 18.9 Å². The van der Waals surface area contributed by atoms with Crippen molar-refractivity contribution in [2.24, 2.45) is 0 Å². The van der Waals surface area contributed by atoms with Crippen molar-refractivity contribution in [3.63, 3.8) is 0 Å². The first-order valence-electron chi connectivity index (χ1n) is 7.91. The standard InChI is InChI=1S/C17H21N3O3S/c1-22-14-5-3-4-12(8-14)9-20-10-13(6-7-16(20)21)17-18-15(11-24-2)19-23-17/h3-5,8,13H,6-7,9-11H2,1-2H3/t13-/m1/s1. The van der Waals surface area contributed by atoms with Gasteiger partial charge in [0.25, 0.3) is 0 Å². The molecule has 7 heteroatoms. The topological polar surface area (TPSA) is 68.5 Å². The van der Waals surface area contributed by atoms with Gasteiger partial charge in [0.2, 0.25) is 11.8 Å². The molecule has 0 saturated carbocycles. The number of rotatable bonds is 6. The highest BCUT2D eigenvalue weighted by Crippen LogP contribution is 2.28. The van der Waals surface area contributed by atoms with Crippen molar-refractivity contribution >= 4 is 17.7 Å². The van der Waals surface area contributed by atoms with Crippen LogP contribution in [0.3, 0.4) is 0 Å². The van der Waals surface area contributed by atoms with E-state index in [0.717, 1.165) is 23.5 Å². The van der Waals surface area contributed by atoms with Gasteiger partial charge in [-0.05, 0) is 30.4 Å². The molecule has 1 fully saturated rings. The molecule has 0 N–H and O–H groups in total. The summed E-state index contributed by atoms with van der Waals surface area (Å²) in [5, 5.41) is 4.00. The van der Waals surface area contributed by atoms with Crippen LogP contribution in [0.5, 0.6) is 5.75 Å². The molecule has 2 aromatic rings. The molecule has 0 radical (unpaired) electrons. The van der Waals surface area contributed by atoms with E-state index in [9.17, 15) is 4.79 Å². The summed E-state index contributed by atoms with van der Waals surface area (Å²) in [5.41, 5.74) is 1.05.